The zero-order valence-corrected chi connectivity index (χ0v) is 16.6. The number of rotatable bonds is 5. The third kappa shape index (κ3) is 3.48. The maximum Gasteiger partial charge on any atom is 0.268 e. The van der Waals surface area contributed by atoms with Crippen molar-refractivity contribution in [2.45, 2.75) is 24.7 Å². The van der Waals surface area contributed by atoms with Crippen molar-refractivity contribution in [1.82, 2.24) is 0 Å². The molecule has 1 aliphatic rings. The number of hydrogen-bond donors (Lipinski definition) is 0. The van der Waals surface area contributed by atoms with E-state index in [1.807, 2.05) is 19.1 Å². The van der Waals surface area contributed by atoms with E-state index in [-0.39, 0.29) is 4.90 Å². The van der Waals surface area contributed by atoms with Gasteiger partial charge in [0.1, 0.15) is 16.4 Å². The summed E-state index contributed by atoms with van der Waals surface area (Å²) in [6, 6.07) is 10.6. The third-order valence-corrected chi connectivity index (χ3v) is 6.46. The van der Waals surface area contributed by atoms with E-state index in [0.29, 0.717) is 29.1 Å². The van der Waals surface area contributed by atoms with Gasteiger partial charge in [0.25, 0.3) is 10.0 Å². The molecular formula is C18H20BrNO4S. The summed E-state index contributed by atoms with van der Waals surface area (Å²) in [6.45, 7) is 2.68. The van der Waals surface area contributed by atoms with E-state index in [0.717, 1.165) is 24.2 Å². The van der Waals surface area contributed by atoms with Crippen LogP contribution in [0.5, 0.6) is 11.5 Å². The minimum atomic E-state index is -3.73. The maximum absolute atomic E-state index is 13.3. The third-order valence-electron chi connectivity index (χ3n) is 4.14. The molecule has 3 rings (SSSR count). The highest BCUT2D eigenvalue weighted by molar-refractivity contribution is 9.10. The second-order valence-corrected chi connectivity index (χ2v) is 8.45. The number of methoxy groups -OCH3 is 1. The molecule has 5 nitrogen and oxygen atoms in total. The predicted molar refractivity (Wildman–Crippen MR) is 101 cm³/mol. The quantitative estimate of drug-likeness (QED) is 0.726. The largest absolute Gasteiger partial charge is 0.497 e. The van der Waals surface area contributed by atoms with Crippen LogP contribution in [0.25, 0.3) is 0 Å². The molecule has 0 bridgehead atoms. The van der Waals surface area contributed by atoms with Gasteiger partial charge in [0.05, 0.1) is 19.4 Å². The van der Waals surface area contributed by atoms with Crippen molar-refractivity contribution in [2.75, 3.05) is 24.6 Å². The smallest absolute Gasteiger partial charge is 0.268 e. The molecule has 0 aliphatic carbocycles. The molecule has 0 saturated heterocycles. The van der Waals surface area contributed by atoms with Crippen LogP contribution in [0, 0.1) is 0 Å². The first-order valence-corrected chi connectivity index (χ1v) is 10.3. The molecule has 2 aromatic carbocycles. The highest BCUT2D eigenvalue weighted by atomic mass is 79.9. The molecule has 25 heavy (non-hydrogen) atoms. The SMILES string of the molecule is CCOc1ccc(Br)cc1S(=O)(=O)N1CCCc2cc(OC)ccc21. The van der Waals surface area contributed by atoms with Crippen LogP contribution in [0.2, 0.25) is 0 Å². The Morgan fingerprint density at radius 1 is 1.20 bits per heavy atom. The number of aryl methyl sites for hydroxylation is 1. The first kappa shape index (κ1) is 18.1. The van der Waals surface area contributed by atoms with Gasteiger partial charge in [0.15, 0.2) is 0 Å². The summed E-state index contributed by atoms with van der Waals surface area (Å²) >= 11 is 3.36. The van der Waals surface area contributed by atoms with E-state index in [4.69, 9.17) is 9.47 Å². The topological polar surface area (TPSA) is 55.8 Å². The lowest BCUT2D eigenvalue weighted by atomic mass is 10.0. The van der Waals surface area contributed by atoms with E-state index in [9.17, 15) is 8.42 Å². The molecule has 1 aliphatic heterocycles. The number of hydrogen-bond acceptors (Lipinski definition) is 4. The number of anilines is 1. The molecule has 0 amide bonds. The molecule has 0 spiro atoms. The van der Waals surface area contributed by atoms with Gasteiger partial charge in [-0.15, -0.1) is 0 Å². The molecule has 134 valence electrons. The molecular weight excluding hydrogens is 406 g/mol. The van der Waals surface area contributed by atoms with Crippen LogP contribution < -0.4 is 13.8 Å². The van der Waals surface area contributed by atoms with Crippen molar-refractivity contribution >= 4 is 31.6 Å². The van der Waals surface area contributed by atoms with Gasteiger partial charge < -0.3 is 9.47 Å². The number of fused-ring (bicyclic) bond motifs is 1. The number of halogens is 1. The monoisotopic (exact) mass is 425 g/mol. The molecule has 2 aromatic rings. The molecule has 7 heteroatoms. The first-order chi connectivity index (χ1) is 12.0. The Labute approximate surface area is 156 Å². The van der Waals surface area contributed by atoms with Crippen LogP contribution in [0.3, 0.4) is 0 Å². The van der Waals surface area contributed by atoms with Gasteiger partial charge in [-0.25, -0.2) is 8.42 Å². The van der Waals surface area contributed by atoms with Crippen molar-refractivity contribution in [3.63, 3.8) is 0 Å². The Kier molecular flexibility index (Phi) is 5.24. The molecule has 0 atom stereocenters. The highest BCUT2D eigenvalue weighted by Crippen LogP contribution is 2.37. The Morgan fingerprint density at radius 3 is 2.72 bits per heavy atom. The van der Waals surface area contributed by atoms with Gasteiger partial charge in [-0.2, -0.15) is 0 Å². The Morgan fingerprint density at radius 2 is 2.00 bits per heavy atom. The molecule has 0 radical (unpaired) electrons. The zero-order chi connectivity index (χ0) is 18.0. The van der Waals surface area contributed by atoms with Crippen molar-refractivity contribution in [1.29, 1.82) is 0 Å². The molecule has 0 unspecified atom stereocenters. The van der Waals surface area contributed by atoms with Gasteiger partial charge in [-0.1, -0.05) is 15.9 Å². The lowest BCUT2D eigenvalue weighted by Gasteiger charge is -2.31. The Balaban J connectivity index is 2.10. The van der Waals surface area contributed by atoms with E-state index in [1.54, 1.807) is 31.4 Å². The number of benzene rings is 2. The minimum absolute atomic E-state index is 0.174. The fourth-order valence-corrected chi connectivity index (χ4v) is 5.21. The summed E-state index contributed by atoms with van der Waals surface area (Å²) in [4.78, 5) is 0.174. The van der Waals surface area contributed by atoms with Crippen LogP contribution in [-0.2, 0) is 16.4 Å². The average Bonchev–Trinajstić information content (AvgIpc) is 2.62. The Bertz CT molecular complexity index is 883. The second-order valence-electron chi connectivity index (χ2n) is 5.70. The summed E-state index contributed by atoms with van der Waals surface area (Å²) in [7, 11) is -2.13. The van der Waals surface area contributed by atoms with Crippen LogP contribution in [-0.4, -0.2) is 28.7 Å². The normalized spacial score (nSPS) is 14.1. The van der Waals surface area contributed by atoms with Gasteiger partial charge in [0.2, 0.25) is 0 Å². The van der Waals surface area contributed by atoms with Crippen molar-refractivity contribution < 1.29 is 17.9 Å². The molecule has 1 heterocycles. The van der Waals surface area contributed by atoms with Gasteiger partial charge in [0, 0.05) is 11.0 Å². The second kappa shape index (κ2) is 7.25. The summed E-state index contributed by atoms with van der Waals surface area (Å²) in [6.07, 6.45) is 1.59. The number of nitrogens with zero attached hydrogens (tertiary/aromatic N) is 1. The number of sulfonamides is 1. The molecule has 0 aromatic heterocycles. The highest BCUT2D eigenvalue weighted by Gasteiger charge is 2.31. The molecule has 0 saturated carbocycles. The van der Waals surface area contributed by atoms with Gasteiger partial charge >= 0.3 is 0 Å². The maximum atomic E-state index is 13.3. The van der Waals surface area contributed by atoms with Crippen molar-refractivity contribution in [2.24, 2.45) is 0 Å². The standard InChI is InChI=1S/C18H20BrNO4S/c1-3-24-17-9-6-14(19)12-18(17)25(21,22)20-10-4-5-13-11-15(23-2)7-8-16(13)20/h6-9,11-12H,3-5,10H2,1-2H3. The van der Waals surface area contributed by atoms with Crippen LogP contribution in [0.15, 0.2) is 45.8 Å². The van der Waals surface area contributed by atoms with E-state index < -0.39 is 10.0 Å². The summed E-state index contributed by atoms with van der Waals surface area (Å²) < 4.78 is 39.7. The molecule has 0 N–H and O–H groups in total. The fraction of sp³-hybridized carbons (Fsp3) is 0.333. The van der Waals surface area contributed by atoms with E-state index in [2.05, 4.69) is 15.9 Å². The Hall–Kier alpha value is -1.73. The number of ether oxygens (including phenoxy) is 2. The fourth-order valence-electron chi connectivity index (χ4n) is 2.99. The predicted octanol–water partition coefficient (Wildman–Crippen LogP) is 4.00. The lowest BCUT2D eigenvalue weighted by Crippen LogP contribution is -2.35. The van der Waals surface area contributed by atoms with Crippen LogP contribution in [0.4, 0.5) is 5.69 Å². The summed E-state index contributed by atoms with van der Waals surface area (Å²) in [5.74, 6) is 1.10. The average molecular weight is 426 g/mol. The zero-order valence-electron chi connectivity index (χ0n) is 14.2. The summed E-state index contributed by atoms with van der Waals surface area (Å²) in [5, 5.41) is 0. The van der Waals surface area contributed by atoms with Crippen LogP contribution >= 0.6 is 15.9 Å². The molecule has 0 fully saturated rings. The van der Waals surface area contributed by atoms with Crippen LogP contribution in [0.1, 0.15) is 18.9 Å². The van der Waals surface area contributed by atoms with Gasteiger partial charge in [-0.3, -0.25) is 4.31 Å². The minimum Gasteiger partial charge on any atom is -0.497 e. The van der Waals surface area contributed by atoms with Crippen molar-refractivity contribution in [3.8, 4) is 11.5 Å². The van der Waals surface area contributed by atoms with Gasteiger partial charge in [-0.05, 0) is 61.7 Å². The van der Waals surface area contributed by atoms with Crippen molar-refractivity contribution in [3.05, 3.63) is 46.4 Å². The summed E-state index contributed by atoms with van der Waals surface area (Å²) in [5.41, 5.74) is 1.68. The first-order valence-electron chi connectivity index (χ1n) is 8.09. The lowest BCUT2D eigenvalue weighted by molar-refractivity contribution is 0.331. The van der Waals surface area contributed by atoms with E-state index >= 15 is 0 Å². The van der Waals surface area contributed by atoms with E-state index in [1.165, 1.54) is 4.31 Å².